The minimum atomic E-state index is -0.141. The number of para-hydroxylation sites is 1. The second-order valence-electron chi connectivity index (χ2n) is 7.14. The van der Waals surface area contributed by atoms with Gasteiger partial charge in [0.1, 0.15) is 23.9 Å². The quantitative estimate of drug-likeness (QED) is 0.340. The van der Waals surface area contributed by atoms with Gasteiger partial charge in [0.05, 0.1) is 6.54 Å². The first kappa shape index (κ1) is 21.0. The number of rotatable bonds is 9. The summed E-state index contributed by atoms with van der Waals surface area (Å²) in [6.07, 6.45) is 0. The van der Waals surface area contributed by atoms with E-state index in [9.17, 15) is 4.79 Å². The van der Waals surface area contributed by atoms with Crippen LogP contribution in [0.4, 0.5) is 11.4 Å². The third kappa shape index (κ3) is 6.37. The number of nitrogens with one attached hydrogen (secondary N) is 2. The van der Waals surface area contributed by atoms with Crippen LogP contribution < -0.4 is 20.1 Å². The van der Waals surface area contributed by atoms with E-state index in [-0.39, 0.29) is 12.5 Å². The van der Waals surface area contributed by atoms with Crippen molar-refractivity contribution in [3.05, 3.63) is 115 Å². The molecule has 0 radical (unpaired) electrons. The normalized spacial score (nSPS) is 10.2. The molecule has 0 aliphatic heterocycles. The zero-order chi connectivity index (χ0) is 22.0. The van der Waals surface area contributed by atoms with Crippen molar-refractivity contribution in [3.8, 4) is 17.2 Å². The molecule has 0 atom stereocenters. The summed E-state index contributed by atoms with van der Waals surface area (Å²) in [6, 6.07) is 34.4. The van der Waals surface area contributed by atoms with Crippen molar-refractivity contribution in [2.75, 3.05) is 17.2 Å². The first-order valence-electron chi connectivity index (χ1n) is 10.4. The summed E-state index contributed by atoms with van der Waals surface area (Å²) in [5.41, 5.74) is 2.62. The first-order valence-corrected chi connectivity index (χ1v) is 10.4. The van der Waals surface area contributed by atoms with Crippen molar-refractivity contribution < 1.29 is 14.3 Å². The van der Waals surface area contributed by atoms with Crippen LogP contribution in [0.5, 0.6) is 17.2 Å². The van der Waals surface area contributed by atoms with Crippen molar-refractivity contribution in [3.63, 3.8) is 0 Å². The lowest BCUT2D eigenvalue weighted by Crippen LogP contribution is -2.21. The molecule has 0 fully saturated rings. The Morgan fingerprint density at radius 3 is 2.06 bits per heavy atom. The summed E-state index contributed by atoms with van der Waals surface area (Å²) >= 11 is 0. The maximum atomic E-state index is 12.3. The topological polar surface area (TPSA) is 59.6 Å². The van der Waals surface area contributed by atoms with Gasteiger partial charge in [-0.25, -0.2) is 0 Å². The van der Waals surface area contributed by atoms with Crippen LogP contribution in [0.1, 0.15) is 5.56 Å². The van der Waals surface area contributed by atoms with Crippen LogP contribution in [-0.4, -0.2) is 12.5 Å². The highest BCUT2D eigenvalue weighted by Gasteiger charge is 2.04. The van der Waals surface area contributed by atoms with Crippen LogP contribution in [0, 0.1) is 0 Å². The SMILES string of the molecule is O=C(CNc1cccc(OCc2ccccc2)c1)Nc1ccc(Oc2ccccc2)cc1. The van der Waals surface area contributed by atoms with Crippen molar-refractivity contribution in [2.24, 2.45) is 0 Å². The largest absolute Gasteiger partial charge is 0.489 e. The Balaban J connectivity index is 1.25. The van der Waals surface area contributed by atoms with E-state index < -0.39 is 0 Å². The predicted octanol–water partition coefficient (Wildman–Crippen LogP) is 6.11. The van der Waals surface area contributed by atoms with E-state index in [0.29, 0.717) is 18.0 Å². The third-order valence-corrected chi connectivity index (χ3v) is 4.65. The molecule has 0 unspecified atom stereocenters. The van der Waals surface area contributed by atoms with Gasteiger partial charge in [0.2, 0.25) is 5.91 Å². The molecule has 4 rings (SSSR count). The fourth-order valence-corrected chi connectivity index (χ4v) is 3.06. The molecule has 4 aromatic rings. The van der Waals surface area contributed by atoms with Crippen LogP contribution in [-0.2, 0) is 11.4 Å². The Morgan fingerprint density at radius 2 is 1.31 bits per heavy atom. The molecule has 0 saturated carbocycles. The number of carbonyl (C=O) groups excluding carboxylic acids is 1. The van der Waals surface area contributed by atoms with Crippen molar-refractivity contribution in [1.82, 2.24) is 0 Å². The molecule has 0 spiro atoms. The van der Waals surface area contributed by atoms with Gasteiger partial charge in [-0.1, -0.05) is 54.6 Å². The van der Waals surface area contributed by atoms with Crippen molar-refractivity contribution >= 4 is 17.3 Å². The van der Waals surface area contributed by atoms with E-state index >= 15 is 0 Å². The number of amides is 1. The molecule has 160 valence electrons. The summed E-state index contributed by atoms with van der Waals surface area (Å²) in [5.74, 6) is 2.08. The molecule has 0 aliphatic rings. The molecule has 0 aliphatic carbocycles. The highest BCUT2D eigenvalue weighted by molar-refractivity contribution is 5.93. The minimum Gasteiger partial charge on any atom is -0.489 e. The summed E-state index contributed by atoms with van der Waals surface area (Å²) in [4.78, 5) is 12.3. The van der Waals surface area contributed by atoms with E-state index in [1.54, 1.807) is 0 Å². The van der Waals surface area contributed by atoms with E-state index in [0.717, 1.165) is 22.7 Å². The van der Waals surface area contributed by atoms with Gasteiger partial charge in [-0.3, -0.25) is 4.79 Å². The molecule has 2 N–H and O–H groups in total. The Kier molecular flexibility index (Phi) is 7.01. The van der Waals surface area contributed by atoms with Crippen LogP contribution in [0.15, 0.2) is 109 Å². The minimum absolute atomic E-state index is 0.141. The predicted molar refractivity (Wildman–Crippen MR) is 127 cm³/mol. The summed E-state index contributed by atoms with van der Waals surface area (Å²) < 4.78 is 11.6. The zero-order valence-electron chi connectivity index (χ0n) is 17.5. The smallest absolute Gasteiger partial charge is 0.243 e. The summed E-state index contributed by atoms with van der Waals surface area (Å²) in [7, 11) is 0. The fourth-order valence-electron chi connectivity index (χ4n) is 3.06. The number of hydrogen-bond donors (Lipinski definition) is 2. The number of carbonyl (C=O) groups is 1. The fraction of sp³-hybridized carbons (Fsp3) is 0.0741. The van der Waals surface area contributed by atoms with E-state index in [1.807, 2.05) is 109 Å². The molecule has 5 nitrogen and oxygen atoms in total. The van der Waals surface area contributed by atoms with E-state index in [2.05, 4.69) is 10.6 Å². The molecule has 4 aromatic carbocycles. The van der Waals surface area contributed by atoms with Crippen molar-refractivity contribution in [1.29, 1.82) is 0 Å². The number of hydrogen-bond acceptors (Lipinski definition) is 4. The molecule has 1 amide bonds. The molecular formula is C27H24N2O3. The van der Waals surface area contributed by atoms with Gasteiger partial charge < -0.3 is 20.1 Å². The van der Waals surface area contributed by atoms with E-state index in [4.69, 9.17) is 9.47 Å². The lowest BCUT2D eigenvalue weighted by molar-refractivity contribution is -0.114. The number of benzene rings is 4. The Hall–Kier alpha value is -4.25. The Bertz CT molecular complexity index is 1130. The highest BCUT2D eigenvalue weighted by Crippen LogP contribution is 2.23. The molecule has 0 heterocycles. The van der Waals surface area contributed by atoms with E-state index in [1.165, 1.54) is 0 Å². The van der Waals surface area contributed by atoms with Crippen LogP contribution >= 0.6 is 0 Å². The molecular weight excluding hydrogens is 400 g/mol. The average Bonchev–Trinajstić information content (AvgIpc) is 2.84. The maximum Gasteiger partial charge on any atom is 0.243 e. The molecule has 0 saturated heterocycles. The molecule has 32 heavy (non-hydrogen) atoms. The summed E-state index contributed by atoms with van der Waals surface area (Å²) in [5, 5.41) is 6.01. The van der Waals surface area contributed by atoms with Crippen LogP contribution in [0.25, 0.3) is 0 Å². The Morgan fingerprint density at radius 1 is 0.656 bits per heavy atom. The van der Waals surface area contributed by atoms with Crippen molar-refractivity contribution in [2.45, 2.75) is 6.61 Å². The van der Waals surface area contributed by atoms with Gasteiger partial charge in [0, 0.05) is 17.4 Å². The van der Waals surface area contributed by atoms with Gasteiger partial charge in [-0.05, 0) is 54.1 Å². The third-order valence-electron chi connectivity index (χ3n) is 4.65. The van der Waals surface area contributed by atoms with Crippen LogP contribution in [0.3, 0.4) is 0 Å². The second kappa shape index (κ2) is 10.7. The molecule has 0 bridgehead atoms. The molecule has 0 aromatic heterocycles. The second-order valence-corrected chi connectivity index (χ2v) is 7.14. The highest BCUT2D eigenvalue weighted by atomic mass is 16.5. The Labute approximate surface area is 187 Å². The number of anilines is 2. The standard InChI is InChI=1S/C27H24N2O3/c30-27(29-22-14-16-25(17-15-22)32-24-11-5-2-6-12-24)19-28-23-10-7-13-26(18-23)31-20-21-8-3-1-4-9-21/h1-18,28H,19-20H2,(H,29,30). The lowest BCUT2D eigenvalue weighted by Gasteiger charge is -2.11. The molecule has 5 heteroatoms. The maximum absolute atomic E-state index is 12.3. The lowest BCUT2D eigenvalue weighted by atomic mass is 10.2. The van der Waals surface area contributed by atoms with Gasteiger partial charge in [0.25, 0.3) is 0 Å². The summed E-state index contributed by atoms with van der Waals surface area (Å²) in [6.45, 7) is 0.638. The van der Waals surface area contributed by atoms with Gasteiger partial charge >= 0.3 is 0 Å². The van der Waals surface area contributed by atoms with Gasteiger partial charge in [-0.2, -0.15) is 0 Å². The first-order chi connectivity index (χ1) is 15.7. The number of ether oxygens (including phenoxy) is 2. The monoisotopic (exact) mass is 424 g/mol. The van der Waals surface area contributed by atoms with Gasteiger partial charge in [-0.15, -0.1) is 0 Å². The zero-order valence-corrected chi connectivity index (χ0v) is 17.5. The average molecular weight is 425 g/mol. The van der Waals surface area contributed by atoms with Crippen LogP contribution in [0.2, 0.25) is 0 Å². The van der Waals surface area contributed by atoms with Gasteiger partial charge in [0.15, 0.2) is 0 Å².